The second-order valence-electron chi connectivity index (χ2n) is 4.61. The molecule has 0 fully saturated rings. The summed E-state index contributed by atoms with van der Waals surface area (Å²) < 4.78 is 13.4. The van der Waals surface area contributed by atoms with Crippen molar-refractivity contribution in [3.8, 4) is 0 Å². The molecule has 0 atom stereocenters. The van der Waals surface area contributed by atoms with Crippen LogP contribution in [0, 0.1) is 5.82 Å². The van der Waals surface area contributed by atoms with Crippen molar-refractivity contribution in [2.24, 2.45) is 0 Å². The zero-order chi connectivity index (χ0) is 12.4. The highest BCUT2D eigenvalue weighted by Gasteiger charge is 2.14. The fourth-order valence-corrected chi connectivity index (χ4v) is 2.48. The van der Waals surface area contributed by atoms with Gasteiger partial charge in [0.25, 0.3) is 0 Å². The van der Waals surface area contributed by atoms with E-state index in [0.717, 1.165) is 30.4 Å². The van der Waals surface area contributed by atoms with Crippen LogP contribution in [0.5, 0.6) is 0 Å². The van der Waals surface area contributed by atoms with Crippen molar-refractivity contribution in [2.75, 3.05) is 0 Å². The molecule has 0 saturated carbocycles. The van der Waals surface area contributed by atoms with Crippen LogP contribution in [0.4, 0.5) is 4.39 Å². The molecule has 90 valence electrons. The average molecular weight is 239 g/mol. The first kappa shape index (κ1) is 11.1. The number of fused-ring (bicyclic) bond motifs is 1. The predicted molar refractivity (Wildman–Crippen MR) is 71.4 cm³/mol. The number of nitrogens with zero attached hydrogens (tertiary/aromatic N) is 1. The van der Waals surface area contributed by atoms with E-state index in [9.17, 15) is 4.39 Å². The number of pyridine rings is 1. The van der Waals surface area contributed by atoms with Gasteiger partial charge in [-0.05, 0) is 65.8 Å². The Bertz CT molecular complexity index is 587. The van der Waals surface area contributed by atoms with Crippen LogP contribution in [-0.2, 0) is 6.42 Å². The summed E-state index contributed by atoms with van der Waals surface area (Å²) in [4.78, 5) is 4.11. The molecule has 2 heteroatoms. The van der Waals surface area contributed by atoms with Gasteiger partial charge >= 0.3 is 0 Å². The summed E-state index contributed by atoms with van der Waals surface area (Å²) in [6, 6.07) is 9.04. The van der Waals surface area contributed by atoms with Gasteiger partial charge in [-0.25, -0.2) is 4.39 Å². The minimum atomic E-state index is -0.160. The number of hydrogen-bond acceptors (Lipinski definition) is 1. The molecule has 0 radical (unpaired) electrons. The number of halogens is 1. The maximum absolute atomic E-state index is 13.4. The highest BCUT2D eigenvalue weighted by Crippen LogP contribution is 2.32. The van der Waals surface area contributed by atoms with Crippen LogP contribution in [0.15, 0.2) is 42.7 Å². The van der Waals surface area contributed by atoms with Gasteiger partial charge in [-0.3, -0.25) is 4.98 Å². The van der Waals surface area contributed by atoms with Gasteiger partial charge in [0.2, 0.25) is 0 Å². The van der Waals surface area contributed by atoms with E-state index in [0.29, 0.717) is 0 Å². The molecule has 1 nitrogen and oxygen atoms in total. The molecule has 3 rings (SSSR count). The molecular weight excluding hydrogens is 225 g/mol. The Labute approximate surface area is 106 Å². The van der Waals surface area contributed by atoms with Crippen LogP contribution in [0.3, 0.4) is 0 Å². The smallest absolute Gasteiger partial charge is 0.123 e. The Morgan fingerprint density at radius 2 is 2.11 bits per heavy atom. The van der Waals surface area contributed by atoms with Gasteiger partial charge in [0.1, 0.15) is 5.82 Å². The lowest BCUT2D eigenvalue weighted by atomic mass is 9.86. The molecule has 1 heterocycles. The van der Waals surface area contributed by atoms with Gasteiger partial charge in [0, 0.05) is 12.4 Å². The Kier molecular flexibility index (Phi) is 2.93. The number of rotatable bonds is 1. The SMILES string of the molecule is Fc1ccc2c(c1)/C(=C/c1cccnc1)CCC2. The molecule has 0 aliphatic heterocycles. The number of hydrogen-bond donors (Lipinski definition) is 0. The third-order valence-electron chi connectivity index (χ3n) is 3.34. The van der Waals surface area contributed by atoms with E-state index in [1.54, 1.807) is 18.3 Å². The van der Waals surface area contributed by atoms with Crippen molar-refractivity contribution < 1.29 is 4.39 Å². The molecule has 18 heavy (non-hydrogen) atoms. The third-order valence-corrected chi connectivity index (χ3v) is 3.34. The van der Waals surface area contributed by atoms with Crippen LogP contribution >= 0.6 is 0 Å². The van der Waals surface area contributed by atoms with E-state index in [2.05, 4.69) is 11.1 Å². The van der Waals surface area contributed by atoms with Gasteiger partial charge in [0.15, 0.2) is 0 Å². The van der Waals surface area contributed by atoms with Crippen molar-refractivity contribution in [3.63, 3.8) is 0 Å². The standard InChI is InChI=1S/C16H14FN/c17-15-7-6-13-4-1-5-14(16(13)10-15)9-12-3-2-8-18-11-12/h2-3,6-11H,1,4-5H2/b14-9+. The fourth-order valence-electron chi connectivity index (χ4n) is 2.48. The molecule has 0 bridgehead atoms. The average Bonchev–Trinajstić information content (AvgIpc) is 2.41. The minimum absolute atomic E-state index is 0.160. The summed E-state index contributed by atoms with van der Waals surface area (Å²) >= 11 is 0. The molecular formula is C16H14FN. The van der Waals surface area contributed by atoms with Gasteiger partial charge in [-0.2, -0.15) is 0 Å². The normalized spacial score (nSPS) is 16.6. The molecule has 0 saturated heterocycles. The van der Waals surface area contributed by atoms with Crippen molar-refractivity contribution in [3.05, 3.63) is 65.2 Å². The Hall–Kier alpha value is -1.96. The van der Waals surface area contributed by atoms with Crippen molar-refractivity contribution in [1.82, 2.24) is 4.98 Å². The summed E-state index contributed by atoms with van der Waals surface area (Å²) in [5.41, 5.74) is 4.59. The van der Waals surface area contributed by atoms with Gasteiger partial charge in [0.05, 0.1) is 0 Å². The van der Waals surface area contributed by atoms with Crippen LogP contribution in [-0.4, -0.2) is 4.98 Å². The summed E-state index contributed by atoms with van der Waals surface area (Å²) in [7, 11) is 0. The van der Waals surface area contributed by atoms with Crippen LogP contribution in [0.2, 0.25) is 0 Å². The Balaban J connectivity index is 2.06. The first-order valence-corrected chi connectivity index (χ1v) is 6.22. The van der Waals surface area contributed by atoms with Crippen molar-refractivity contribution in [1.29, 1.82) is 0 Å². The third kappa shape index (κ3) is 2.19. The second-order valence-corrected chi connectivity index (χ2v) is 4.61. The van der Waals surface area contributed by atoms with E-state index < -0.39 is 0 Å². The molecule has 1 aromatic carbocycles. The molecule has 0 spiro atoms. The first-order valence-electron chi connectivity index (χ1n) is 6.22. The van der Waals surface area contributed by atoms with Crippen molar-refractivity contribution >= 4 is 11.6 Å². The van der Waals surface area contributed by atoms with E-state index in [4.69, 9.17) is 0 Å². The van der Waals surface area contributed by atoms with E-state index >= 15 is 0 Å². The monoisotopic (exact) mass is 239 g/mol. The van der Waals surface area contributed by atoms with Crippen molar-refractivity contribution in [2.45, 2.75) is 19.3 Å². The second kappa shape index (κ2) is 4.73. The molecule has 0 N–H and O–H groups in total. The molecule has 0 amide bonds. The number of allylic oxidation sites excluding steroid dienone is 1. The van der Waals surface area contributed by atoms with Crippen LogP contribution < -0.4 is 0 Å². The number of aromatic nitrogens is 1. The number of aryl methyl sites for hydroxylation is 1. The zero-order valence-electron chi connectivity index (χ0n) is 10.1. The van der Waals surface area contributed by atoms with Gasteiger partial charge in [-0.1, -0.05) is 12.1 Å². The molecule has 1 aromatic heterocycles. The Morgan fingerprint density at radius 1 is 1.17 bits per heavy atom. The molecule has 1 aliphatic rings. The van der Waals surface area contributed by atoms with Gasteiger partial charge in [-0.15, -0.1) is 0 Å². The minimum Gasteiger partial charge on any atom is -0.264 e. The summed E-state index contributed by atoms with van der Waals surface area (Å²) in [5, 5.41) is 0. The quantitative estimate of drug-likeness (QED) is 0.730. The van der Waals surface area contributed by atoms with E-state index in [-0.39, 0.29) is 5.82 Å². The van der Waals surface area contributed by atoms with E-state index in [1.807, 2.05) is 24.4 Å². The summed E-state index contributed by atoms with van der Waals surface area (Å²) in [6.07, 6.45) is 8.89. The highest BCUT2D eigenvalue weighted by molar-refractivity contribution is 5.83. The highest BCUT2D eigenvalue weighted by atomic mass is 19.1. The lowest BCUT2D eigenvalue weighted by Gasteiger charge is -2.19. The van der Waals surface area contributed by atoms with Crippen LogP contribution in [0.1, 0.15) is 29.5 Å². The molecule has 1 aliphatic carbocycles. The topological polar surface area (TPSA) is 12.9 Å². The largest absolute Gasteiger partial charge is 0.264 e. The number of benzene rings is 1. The molecule has 0 unspecified atom stereocenters. The summed E-state index contributed by atoms with van der Waals surface area (Å²) in [5.74, 6) is -0.160. The lowest BCUT2D eigenvalue weighted by molar-refractivity contribution is 0.625. The fraction of sp³-hybridized carbons (Fsp3) is 0.188. The van der Waals surface area contributed by atoms with Crippen LogP contribution in [0.25, 0.3) is 11.6 Å². The lowest BCUT2D eigenvalue weighted by Crippen LogP contribution is -2.02. The maximum atomic E-state index is 13.4. The zero-order valence-corrected chi connectivity index (χ0v) is 10.1. The van der Waals surface area contributed by atoms with E-state index in [1.165, 1.54) is 11.1 Å². The van der Waals surface area contributed by atoms with Gasteiger partial charge < -0.3 is 0 Å². The first-order chi connectivity index (χ1) is 8.83. The Morgan fingerprint density at radius 3 is 2.94 bits per heavy atom. The maximum Gasteiger partial charge on any atom is 0.123 e. The summed E-state index contributed by atoms with van der Waals surface area (Å²) in [6.45, 7) is 0. The molecule has 2 aromatic rings. The predicted octanol–water partition coefficient (Wildman–Crippen LogP) is 4.10.